The summed E-state index contributed by atoms with van der Waals surface area (Å²) in [5.41, 5.74) is 2.43. The van der Waals surface area contributed by atoms with E-state index in [2.05, 4.69) is 23.1 Å². The number of rotatable bonds is 4. The Morgan fingerprint density at radius 2 is 2.04 bits per heavy atom. The standard InChI is InChI=1S/C22H30N2O3/c1-2-26-22(25)24-11-4-5-17(16-24)15-23-12-8-18(9-13-23)20-7-3-6-19-10-14-27-21(19)20/h3,6-7,10,14,17-18H,2,4-5,8-9,11-13,15-16H2,1H3. The van der Waals surface area contributed by atoms with E-state index in [0.717, 1.165) is 44.7 Å². The minimum atomic E-state index is -0.146. The highest BCUT2D eigenvalue weighted by atomic mass is 16.6. The molecule has 1 unspecified atom stereocenters. The molecule has 5 nitrogen and oxygen atoms in total. The molecule has 0 spiro atoms. The van der Waals surface area contributed by atoms with Crippen LogP contribution in [0.4, 0.5) is 4.79 Å². The first kappa shape index (κ1) is 18.4. The highest BCUT2D eigenvalue weighted by Gasteiger charge is 2.28. The number of benzene rings is 1. The fourth-order valence-corrected chi connectivity index (χ4v) is 4.72. The molecule has 2 aliphatic rings. The average molecular weight is 370 g/mol. The zero-order chi connectivity index (χ0) is 18.6. The third-order valence-corrected chi connectivity index (χ3v) is 6.10. The van der Waals surface area contributed by atoms with Crippen molar-refractivity contribution in [3.8, 4) is 0 Å². The zero-order valence-electron chi connectivity index (χ0n) is 16.2. The number of furan rings is 1. The van der Waals surface area contributed by atoms with Crippen molar-refractivity contribution < 1.29 is 13.9 Å². The lowest BCUT2D eigenvalue weighted by Crippen LogP contribution is -2.45. The van der Waals surface area contributed by atoms with Gasteiger partial charge in [0.05, 0.1) is 12.9 Å². The van der Waals surface area contributed by atoms with E-state index < -0.39 is 0 Å². The maximum absolute atomic E-state index is 12.0. The van der Waals surface area contributed by atoms with E-state index in [1.54, 1.807) is 6.26 Å². The van der Waals surface area contributed by atoms with Crippen LogP contribution in [0.15, 0.2) is 34.9 Å². The van der Waals surface area contributed by atoms with Crippen LogP contribution >= 0.6 is 0 Å². The Kier molecular flexibility index (Phi) is 5.67. The van der Waals surface area contributed by atoms with Gasteiger partial charge in [0.25, 0.3) is 0 Å². The predicted octanol–water partition coefficient (Wildman–Crippen LogP) is 4.48. The van der Waals surface area contributed by atoms with E-state index in [1.165, 1.54) is 30.2 Å². The second-order valence-electron chi connectivity index (χ2n) is 7.91. The maximum atomic E-state index is 12.0. The molecule has 0 N–H and O–H groups in total. The summed E-state index contributed by atoms with van der Waals surface area (Å²) in [7, 11) is 0. The van der Waals surface area contributed by atoms with Crippen molar-refractivity contribution in [2.75, 3.05) is 39.3 Å². The lowest BCUT2D eigenvalue weighted by Gasteiger charge is -2.38. The molecule has 2 fully saturated rings. The van der Waals surface area contributed by atoms with Gasteiger partial charge in [-0.25, -0.2) is 4.79 Å². The van der Waals surface area contributed by atoms with E-state index in [4.69, 9.17) is 9.15 Å². The Labute approximate surface area is 161 Å². The molecule has 2 aliphatic heterocycles. The summed E-state index contributed by atoms with van der Waals surface area (Å²) in [4.78, 5) is 16.5. The van der Waals surface area contributed by atoms with Crippen LogP contribution in [0.2, 0.25) is 0 Å². The number of carbonyl (C=O) groups excluding carboxylic acids is 1. The molecule has 27 heavy (non-hydrogen) atoms. The fourth-order valence-electron chi connectivity index (χ4n) is 4.72. The molecule has 1 aromatic heterocycles. The minimum absolute atomic E-state index is 0.146. The fraction of sp³-hybridized carbons (Fsp3) is 0.591. The summed E-state index contributed by atoms with van der Waals surface area (Å²) in [5.74, 6) is 1.15. The molecular weight excluding hydrogens is 340 g/mol. The van der Waals surface area contributed by atoms with Gasteiger partial charge in [-0.05, 0) is 69.2 Å². The number of piperidine rings is 2. The van der Waals surface area contributed by atoms with Gasteiger partial charge in [-0.3, -0.25) is 0 Å². The van der Waals surface area contributed by atoms with Gasteiger partial charge in [-0.1, -0.05) is 18.2 Å². The van der Waals surface area contributed by atoms with E-state index in [1.807, 2.05) is 17.9 Å². The first-order chi connectivity index (χ1) is 13.2. The van der Waals surface area contributed by atoms with Gasteiger partial charge in [0.15, 0.2) is 0 Å². The molecule has 1 atom stereocenters. The number of amides is 1. The molecule has 3 heterocycles. The number of para-hydroxylation sites is 1. The Morgan fingerprint density at radius 1 is 1.19 bits per heavy atom. The van der Waals surface area contributed by atoms with E-state index in [9.17, 15) is 4.79 Å². The van der Waals surface area contributed by atoms with Gasteiger partial charge in [0, 0.05) is 25.0 Å². The Morgan fingerprint density at radius 3 is 2.85 bits per heavy atom. The molecule has 0 bridgehead atoms. The Balaban J connectivity index is 1.31. The maximum Gasteiger partial charge on any atom is 0.409 e. The van der Waals surface area contributed by atoms with Gasteiger partial charge < -0.3 is 19.0 Å². The number of carbonyl (C=O) groups is 1. The molecule has 1 aromatic carbocycles. The topological polar surface area (TPSA) is 45.9 Å². The van der Waals surface area contributed by atoms with Crippen molar-refractivity contribution in [3.05, 3.63) is 36.1 Å². The second kappa shape index (κ2) is 8.34. The van der Waals surface area contributed by atoms with E-state index >= 15 is 0 Å². The summed E-state index contributed by atoms with van der Waals surface area (Å²) in [5, 5.41) is 1.20. The smallest absolute Gasteiger partial charge is 0.409 e. The number of hydrogen-bond donors (Lipinski definition) is 0. The van der Waals surface area contributed by atoms with Crippen LogP contribution in [0.3, 0.4) is 0 Å². The first-order valence-corrected chi connectivity index (χ1v) is 10.3. The Hall–Kier alpha value is -2.01. The third kappa shape index (κ3) is 4.13. The number of likely N-dealkylation sites (tertiary alicyclic amines) is 2. The van der Waals surface area contributed by atoms with Crippen molar-refractivity contribution in [1.29, 1.82) is 0 Å². The average Bonchev–Trinajstić information content (AvgIpc) is 3.18. The SMILES string of the molecule is CCOC(=O)N1CCCC(CN2CCC(c3cccc4ccoc34)CC2)C1. The molecule has 2 saturated heterocycles. The summed E-state index contributed by atoms with van der Waals surface area (Å²) >= 11 is 0. The van der Waals surface area contributed by atoms with Crippen LogP contribution in [0.5, 0.6) is 0 Å². The van der Waals surface area contributed by atoms with Crippen molar-refractivity contribution in [3.63, 3.8) is 0 Å². The van der Waals surface area contributed by atoms with Gasteiger partial charge in [0.2, 0.25) is 0 Å². The number of nitrogens with zero attached hydrogens (tertiary/aromatic N) is 2. The molecule has 2 aromatic rings. The highest BCUT2D eigenvalue weighted by molar-refractivity contribution is 5.80. The molecule has 1 amide bonds. The van der Waals surface area contributed by atoms with Crippen LogP contribution in [0.25, 0.3) is 11.0 Å². The van der Waals surface area contributed by atoms with Crippen LogP contribution in [0.1, 0.15) is 44.1 Å². The number of hydrogen-bond acceptors (Lipinski definition) is 4. The van der Waals surface area contributed by atoms with Gasteiger partial charge in [-0.15, -0.1) is 0 Å². The lowest BCUT2D eigenvalue weighted by molar-refractivity contribution is 0.0772. The number of fused-ring (bicyclic) bond motifs is 1. The van der Waals surface area contributed by atoms with Gasteiger partial charge >= 0.3 is 6.09 Å². The molecule has 4 rings (SSSR count). The van der Waals surface area contributed by atoms with Crippen molar-refractivity contribution >= 4 is 17.1 Å². The predicted molar refractivity (Wildman–Crippen MR) is 106 cm³/mol. The minimum Gasteiger partial charge on any atom is -0.464 e. The molecule has 146 valence electrons. The van der Waals surface area contributed by atoms with Gasteiger partial charge in [-0.2, -0.15) is 0 Å². The van der Waals surface area contributed by atoms with Crippen LogP contribution < -0.4 is 0 Å². The largest absolute Gasteiger partial charge is 0.464 e. The number of ether oxygens (including phenoxy) is 1. The lowest BCUT2D eigenvalue weighted by atomic mass is 9.88. The van der Waals surface area contributed by atoms with Crippen molar-refractivity contribution in [1.82, 2.24) is 9.80 Å². The zero-order valence-corrected chi connectivity index (χ0v) is 16.2. The van der Waals surface area contributed by atoms with Crippen LogP contribution in [-0.4, -0.2) is 55.2 Å². The molecule has 0 saturated carbocycles. The third-order valence-electron chi connectivity index (χ3n) is 6.10. The summed E-state index contributed by atoms with van der Waals surface area (Å²) < 4.78 is 10.9. The normalized spacial score (nSPS) is 22.3. The quantitative estimate of drug-likeness (QED) is 0.796. The summed E-state index contributed by atoms with van der Waals surface area (Å²) in [6.45, 7) is 7.33. The molecular formula is C22H30N2O3. The molecule has 5 heteroatoms. The van der Waals surface area contributed by atoms with Gasteiger partial charge in [0.1, 0.15) is 5.58 Å². The Bertz CT molecular complexity index is 764. The molecule has 0 radical (unpaired) electrons. The van der Waals surface area contributed by atoms with Crippen molar-refractivity contribution in [2.45, 2.75) is 38.5 Å². The van der Waals surface area contributed by atoms with E-state index in [-0.39, 0.29) is 6.09 Å². The van der Waals surface area contributed by atoms with Crippen LogP contribution in [0, 0.1) is 5.92 Å². The summed E-state index contributed by atoms with van der Waals surface area (Å²) in [6, 6.07) is 8.54. The van der Waals surface area contributed by atoms with E-state index in [0.29, 0.717) is 18.4 Å². The monoisotopic (exact) mass is 370 g/mol. The first-order valence-electron chi connectivity index (χ1n) is 10.3. The van der Waals surface area contributed by atoms with Crippen molar-refractivity contribution in [2.24, 2.45) is 5.92 Å². The molecule has 0 aliphatic carbocycles. The second-order valence-corrected chi connectivity index (χ2v) is 7.91. The van der Waals surface area contributed by atoms with Crippen LogP contribution in [-0.2, 0) is 4.74 Å². The highest BCUT2D eigenvalue weighted by Crippen LogP contribution is 2.34. The summed E-state index contributed by atoms with van der Waals surface area (Å²) in [6.07, 6.45) is 6.29.